The van der Waals surface area contributed by atoms with Crippen molar-refractivity contribution in [2.75, 3.05) is 11.4 Å². The van der Waals surface area contributed by atoms with Crippen LogP contribution in [-0.2, 0) is 16.6 Å². The van der Waals surface area contributed by atoms with E-state index >= 15 is 0 Å². The van der Waals surface area contributed by atoms with Gasteiger partial charge in [0.25, 0.3) is 5.91 Å². The van der Waals surface area contributed by atoms with Crippen LogP contribution >= 0.6 is 0 Å². The SMILES string of the molecule is Cc1cc(N2CCC[C@@H](NC(=O)CCC3CCCC3)C2=O)n(C)n1. The molecule has 1 saturated carbocycles. The second-order valence-electron chi connectivity index (χ2n) is 7.21. The fraction of sp³-hybridized carbons (Fsp3) is 0.722. The van der Waals surface area contributed by atoms with Crippen LogP contribution in [-0.4, -0.2) is 34.2 Å². The van der Waals surface area contributed by atoms with Gasteiger partial charge in [-0.05, 0) is 32.1 Å². The Balaban J connectivity index is 1.56. The minimum absolute atomic E-state index is 0.0153. The van der Waals surface area contributed by atoms with E-state index in [9.17, 15) is 9.59 Å². The van der Waals surface area contributed by atoms with Crippen molar-refractivity contribution in [2.24, 2.45) is 13.0 Å². The standard InChI is InChI=1S/C18H28N4O2/c1-13-12-17(21(2)20-13)22-11-5-8-15(18(22)24)19-16(23)10-9-14-6-3-4-7-14/h12,14-15H,3-11H2,1-2H3,(H,19,23)/t15-/m1/s1. The Bertz CT molecular complexity index is 604. The number of anilines is 1. The zero-order valence-corrected chi connectivity index (χ0v) is 14.8. The molecule has 6 nitrogen and oxygen atoms in total. The summed E-state index contributed by atoms with van der Waals surface area (Å²) in [4.78, 5) is 26.7. The molecule has 0 aromatic carbocycles. The highest BCUT2D eigenvalue weighted by molar-refractivity contribution is 5.99. The summed E-state index contributed by atoms with van der Waals surface area (Å²) >= 11 is 0. The molecule has 0 radical (unpaired) electrons. The van der Waals surface area contributed by atoms with Crippen LogP contribution in [0.1, 0.15) is 57.1 Å². The Labute approximate surface area is 143 Å². The van der Waals surface area contributed by atoms with Gasteiger partial charge in [0.2, 0.25) is 5.91 Å². The first-order chi connectivity index (χ1) is 11.5. The number of carbonyl (C=O) groups is 2. The van der Waals surface area contributed by atoms with E-state index in [1.165, 1.54) is 25.7 Å². The normalized spacial score (nSPS) is 22.2. The number of aryl methyl sites for hydroxylation is 2. The molecule has 1 aliphatic heterocycles. The fourth-order valence-electron chi connectivity index (χ4n) is 3.99. The van der Waals surface area contributed by atoms with E-state index in [1.54, 1.807) is 9.58 Å². The van der Waals surface area contributed by atoms with Gasteiger partial charge < -0.3 is 5.32 Å². The fourth-order valence-corrected chi connectivity index (χ4v) is 3.99. The molecule has 3 rings (SSSR count). The number of aromatic nitrogens is 2. The molecule has 1 aromatic heterocycles. The Kier molecular flexibility index (Phi) is 5.21. The Morgan fingerprint density at radius 3 is 2.71 bits per heavy atom. The van der Waals surface area contributed by atoms with Crippen LogP contribution < -0.4 is 10.2 Å². The highest BCUT2D eigenvalue weighted by Crippen LogP contribution is 2.28. The van der Waals surface area contributed by atoms with E-state index in [0.717, 1.165) is 30.8 Å². The third-order valence-corrected chi connectivity index (χ3v) is 5.28. The van der Waals surface area contributed by atoms with E-state index in [-0.39, 0.29) is 11.8 Å². The lowest BCUT2D eigenvalue weighted by molar-refractivity contribution is -0.128. The first-order valence-corrected chi connectivity index (χ1v) is 9.16. The van der Waals surface area contributed by atoms with E-state index in [0.29, 0.717) is 18.9 Å². The summed E-state index contributed by atoms with van der Waals surface area (Å²) in [5.41, 5.74) is 0.892. The van der Waals surface area contributed by atoms with E-state index < -0.39 is 6.04 Å². The summed E-state index contributed by atoms with van der Waals surface area (Å²) < 4.78 is 1.73. The van der Waals surface area contributed by atoms with Crippen LogP contribution in [0, 0.1) is 12.8 Å². The molecule has 1 aromatic rings. The van der Waals surface area contributed by atoms with Gasteiger partial charge in [0.05, 0.1) is 5.69 Å². The summed E-state index contributed by atoms with van der Waals surface area (Å²) in [6.07, 6.45) is 8.22. The zero-order valence-electron chi connectivity index (χ0n) is 14.8. The lowest BCUT2D eigenvalue weighted by Gasteiger charge is -2.32. The topological polar surface area (TPSA) is 67.2 Å². The third kappa shape index (κ3) is 3.79. The number of amides is 2. The first-order valence-electron chi connectivity index (χ1n) is 9.16. The van der Waals surface area contributed by atoms with Crippen LogP contribution in [0.15, 0.2) is 6.07 Å². The average Bonchev–Trinajstić information content (AvgIpc) is 3.17. The van der Waals surface area contributed by atoms with Crippen molar-refractivity contribution in [3.8, 4) is 0 Å². The summed E-state index contributed by atoms with van der Waals surface area (Å²) in [6, 6.07) is 1.52. The molecular weight excluding hydrogens is 304 g/mol. The lowest BCUT2D eigenvalue weighted by Crippen LogP contribution is -2.52. The first kappa shape index (κ1) is 17.0. The quantitative estimate of drug-likeness (QED) is 0.900. The van der Waals surface area contributed by atoms with Crippen molar-refractivity contribution < 1.29 is 9.59 Å². The number of hydrogen-bond acceptors (Lipinski definition) is 3. The highest BCUT2D eigenvalue weighted by Gasteiger charge is 2.32. The number of hydrogen-bond donors (Lipinski definition) is 1. The molecule has 1 atom stereocenters. The number of nitrogens with one attached hydrogen (secondary N) is 1. The second kappa shape index (κ2) is 7.36. The van der Waals surface area contributed by atoms with Gasteiger partial charge in [0.15, 0.2) is 0 Å². The van der Waals surface area contributed by atoms with Crippen molar-refractivity contribution in [1.82, 2.24) is 15.1 Å². The number of nitrogens with zero attached hydrogens (tertiary/aromatic N) is 3. The number of carbonyl (C=O) groups excluding carboxylic acids is 2. The maximum Gasteiger partial charge on any atom is 0.250 e. The van der Waals surface area contributed by atoms with Crippen LogP contribution in [0.4, 0.5) is 5.82 Å². The van der Waals surface area contributed by atoms with Crippen molar-refractivity contribution in [1.29, 1.82) is 0 Å². The van der Waals surface area contributed by atoms with Crippen LogP contribution in [0.3, 0.4) is 0 Å². The molecule has 6 heteroatoms. The van der Waals surface area contributed by atoms with Crippen molar-refractivity contribution in [3.05, 3.63) is 11.8 Å². The molecule has 2 fully saturated rings. The van der Waals surface area contributed by atoms with Gasteiger partial charge in [-0.15, -0.1) is 0 Å². The van der Waals surface area contributed by atoms with E-state index in [1.807, 2.05) is 20.0 Å². The molecule has 2 amide bonds. The molecular formula is C18H28N4O2. The molecule has 0 unspecified atom stereocenters. The predicted molar refractivity (Wildman–Crippen MR) is 92.7 cm³/mol. The van der Waals surface area contributed by atoms with Crippen molar-refractivity contribution >= 4 is 17.6 Å². The maximum absolute atomic E-state index is 12.8. The monoisotopic (exact) mass is 332 g/mol. The molecule has 2 aliphatic rings. The molecule has 0 bridgehead atoms. The van der Waals surface area contributed by atoms with Crippen molar-refractivity contribution in [2.45, 2.75) is 64.3 Å². The van der Waals surface area contributed by atoms with Crippen molar-refractivity contribution in [3.63, 3.8) is 0 Å². The highest BCUT2D eigenvalue weighted by atomic mass is 16.2. The number of rotatable bonds is 5. The van der Waals surface area contributed by atoms with Crippen LogP contribution in [0.5, 0.6) is 0 Å². The molecule has 1 N–H and O–H groups in total. The maximum atomic E-state index is 12.8. The van der Waals surface area contributed by atoms with Gasteiger partial charge >= 0.3 is 0 Å². The van der Waals surface area contributed by atoms with Gasteiger partial charge in [-0.3, -0.25) is 19.2 Å². The molecule has 132 valence electrons. The summed E-state index contributed by atoms with van der Waals surface area (Å²) in [7, 11) is 1.85. The molecule has 24 heavy (non-hydrogen) atoms. The van der Waals surface area contributed by atoms with Crippen LogP contribution in [0.2, 0.25) is 0 Å². The zero-order chi connectivity index (χ0) is 17.1. The number of piperidine rings is 1. The van der Waals surface area contributed by atoms with Gasteiger partial charge in [0, 0.05) is 26.1 Å². The van der Waals surface area contributed by atoms with Gasteiger partial charge in [0.1, 0.15) is 11.9 Å². The van der Waals surface area contributed by atoms with Gasteiger partial charge in [-0.1, -0.05) is 25.7 Å². The van der Waals surface area contributed by atoms with E-state index in [4.69, 9.17) is 0 Å². The molecule has 1 saturated heterocycles. The Morgan fingerprint density at radius 1 is 1.29 bits per heavy atom. The van der Waals surface area contributed by atoms with Crippen LogP contribution in [0.25, 0.3) is 0 Å². The summed E-state index contributed by atoms with van der Waals surface area (Å²) in [6.45, 7) is 2.60. The Morgan fingerprint density at radius 2 is 2.04 bits per heavy atom. The lowest BCUT2D eigenvalue weighted by atomic mass is 10.0. The average molecular weight is 332 g/mol. The molecule has 1 aliphatic carbocycles. The van der Waals surface area contributed by atoms with Gasteiger partial charge in [-0.2, -0.15) is 5.10 Å². The summed E-state index contributed by atoms with van der Waals surface area (Å²) in [5.74, 6) is 1.51. The minimum atomic E-state index is -0.398. The minimum Gasteiger partial charge on any atom is -0.344 e. The Hall–Kier alpha value is -1.85. The molecule has 2 heterocycles. The largest absolute Gasteiger partial charge is 0.344 e. The third-order valence-electron chi connectivity index (χ3n) is 5.28. The van der Waals surface area contributed by atoms with E-state index in [2.05, 4.69) is 10.4 Å². The second-order valence-corrected chi connectivity index (χ2v) is 7.21. The summed E-state index contributed by atoms with van der Waals surface area (Å²) in [5, 5.41) is 7.27. The smallest absolute Gasteiger partial charge is 0.250 e. The predicted octanol–water partition coefficient (Wildman–Crippen LogP) is 2.31. The van der Waals surface area contributed by atoms with Gasteiger partial charge in [-0.25, -0.2) is 0 Å². The molecule has 0 spiro atoms.